The molecule has 28 heavy (non-hydrogen) atoms. The van der Waals surface area contributed by atoms with Crippen molar-refractivity contribution >= 4 is 50.2 Å². The van der Waals surface area contributed by atoms with Crippen molar-refractivity contribution in [3.05, 3.63) is 35.1 Å². The van der Waals surface area contributed by atoms with Crippen LogP contribution in [0, 0.1) is 0 Å². The summed E-state index contributed by atoms with van der Waals surface area (Å²) in [5, 5.41) is 0.907. The van der Waals surface area contributed by atoms with Gasteiger partial charge in [-0.1, -0.05) is 11.6 Å². The maximum Gasteiger partial charge on any atom is 0.242 e. The van der Waals surface area contributed by atoms with Crippen LogP contribution in [0.25, 0.3) is 10.9 Å². The van der Waals surface area contributed by atoms with Crippen molar-refractivity contribution in [2.45, 2.75) is 22.6 Å². The average molecular weight is 449 g/mol. The number of rotatable bonds is 7. The molecule has 12 heteroatoms. The average Bonchev–Trinajstić information content (AvgIpc) is 3.05. The summed E-state index contributed by atoms with van der Waals surface area (Å²) in [7, 11) is -1.84. The first-order chi connectivity index (χ1) is 13.3. The molecule has 0 aliphatic carbocycles. The molecule has 0 spiro atoms. The Morgan fingerprint density at radius 1 is 1.36 bits per heavy atom. The van der Waals surface area contributed by atoms with Gasteiger partial charge < -0.3 is 9.72 Å². The van der Waals surface area contributed by atoms with E-state index in [4.69, 9.17) is 16.3 Å². The van der Waals surface area contributed by atoms with Gasteiger partial charge in [-0.15, -0.1) is 0 Å². The molecule has 0 aliphatic heterocycles. The minimum absolute atomic E-state index is 0.0239. The van der Waals surface area contributed by atoms with Gasteiger partial charge in [0.05, 0.1) is 38.2 Å². The molecule has 3 aromatic rings. The van der Waals surface area contributed by atoms with E-state index in [2.05, 4.69) is 19.7 Å². The van der Waals surface area contributed by atoms with Crippen LogP contribution in [-0.2, 0) is 28.2 Å². The number of nitrogens with zero attached hydrogens (tertiary/aromatic N) is 2. The topological polar surface area (TPSA) is 97.0 Å². The zero-order valence-corrected chi connectivity index (χ0v) is 17.1. The Hall–Kier alpha value is -2.11. The van der Waals surface area contributed by atoms with Crippen LogP contribution < -0.4 is 9.46 Å². The van der Waals surface area contributed by atoms with Gasteiger partial charge in [-0.05, 0) is 12.1 Å². The van der Waals surface area contributed by atoms with Crippen molar-refractivity contribution in [1.82, 2.24) is 15.0 Å². The fourth-order valence-corrected chi connectivity index (χ4v) is 4.81. The Kier molecular flexibility index (Phi) is 6.26. The summed E-state index contributed by atoms with van der Waals surface area (Å²) in [5.41, 5.74) is 0.662. The fraction of sp³-hybridized carbons (Fsp3) is 0.250. The van der Waals surface area contributed by atoms with Gasteiger partial charge in [-0.3, -0.25) is 8.93 Å². The van der Waals surface area contributed by atoms with Gasteiger partial charge >= 0.3 is 0 Å². The standard InChI is InChI=1S/C16H15ClF2N4O3S2/c1-26-15-8(5-12(18)19)6-21-16(22-15)23-28(25)11-7-20-13-9(11)3-4-10(17)14(13)27(2)24/h3-4,6-7,12,20H,5H2,1-2H3,(H,21,22,23). The van der Waals surface area contributed by atoms with Crippen molar-refractivity contribution in [2.75, 3.05) is 18.1 Å². The van der Waals surface area contributed by atoms with Gasteiger partial charge in [0.2, 0.25) is 18.3 Å². The Bertz CT molecular complexity index is 1080. The third-order valence-electron chi connectivity index (χ3n) is 3.79. The zero-order valence-electron chi connectivity index (χ0n) is 14.7. The lowest BCUT2D eigenvalue weighted by atomic mass is 10.2. The van der Waals surface area contributed by atoms with Crippen molar-refractivity contribution in [3.63, 3.8) is 0 Å². The molecule has 0 amide bonds. The van der Waals surface area contributed by atoms with Crippen molar-refractivity contribution in [2.24, 2.45) is 0 Å². The second kappa shape index (κ2) is 8.50. The molecule has 150 valence electrons. The Balaban J connectivity index is 1.92. The van der Waals surface area contributed by atoms with Crippen LogP contribution in [0.15, 0.2) is 34.3 Å². The molecule has 0 fully saturated rings. The summed E-state index contributed by atoms with van der Waals surface area (Å²) < 4.78 is 57.5. The number of benzene rings is 1. The molecule has 2 atom stereocenters. The highest BCUT2D eigenvalue weighted by Gasteiger charge is 2.19. The maximum absolute atomic E-state index is 12.7. The summed E-state index contributed by atoms with van der Waals surface area (Å²) >= 11 is 6.11. The number of ether oxygens (including phenoxy) is 1. The Morgan fingerprint density at radius 2 is 2.11 bits per heavy atom. The van der Waals surface area contributed by atoms with Gasteiger partial charge in [-0.2, -0.15) is 4.98 Å². The number of methoxy groups -OCH3 is 1. The summed E-state index contributed by atoms with van der Waals surface area (Å²) in [6.07, 6.45) is 1.08. The smallest absolute Gasteiger partial charge is 0.242 e. The predicted molar refractivity (Wildman–Crippen MR) is 104 cm³/mol. The van der Waals surface area contributed by atoms with Crippen molar-refractivity contribution < 1.29 is 21.9 Å². The fourth-order valence-electron chi connectivity index (χ4n) is 2.62. The second-order valence-corrected chi connectivity index (χ2v) is 8.51. The lowest BCUT2D eigenvalue weighted by Gasteiger charge is -2.09. The molecule has 2 aromatic heterocycles. The van der Waals surface area contributed by atoms with E-state index in [1.54, 1.807) is 12.1 Å². The van der Waals surface area contributed by atoms with Gasteiger partial charge in [0.25, 0.3) is 0 Å². The van der Waals surface area contributed by atoms with E-state index in [0.717, 1.165) is 0 Å². The number of H-pyrrole nitrogens is 1. The maximum atomic E-state index is 12.7. The minimum Gasteiger partial charge on any atom is -0.481 e. The molecule has 2 unspecified atom stereocenters. The molecule has 7 nitrogen and oxygen atoms in total. The number of nitrogens with one attached hydrogen (secondary N) is 2. The van der Waals surface area contributed by atoms with E-state index in [0.29, 0.717) is 25.7 Å². The van der Waals surface area contributed by atoms with E-state index in [-0.39, 0.29) is 17.4 Å². The number of alkyl halides is 2. The predicted octanol–water partition coefficient (Wildman–Crippen LogP) is 3.30. The highest BCUT2D eigenvalue weighted by Crippen LogP contribution is 2.31. The molecule has 1 aromatic carbocycles. The largest absolute Gasteiger partial charge is 0.481 e. The van der Waals surface area contributed by atoms with Gasteiger partial charge in [-0.25, -0.2) is 18.0 Å². The number of hydrogen-bond donors (Lipinski definition) is 2. The third-order valence-corrected chi connectivity index (χ3v) is 6.32. The van der Waals surface area contributed by atoms with Gasteiger partial charge in [0, 0.05) is 36.0 Å². The summed E-state index contributed by atoms with van der Waals surface area (Å²) in [4.78, 5) is 11.6. The summed E-state index contributed by atoms with van der Waals surface area (Å²) in [5.74, 6) is -0.0695. The first-order valence-electron chi connectivity index (χ1n) is 7.81. The molecule has 0 aliphatic rings. The lowest BCUT2D eigenvalue weighted by Crippen LogP contribution is -2.10. The Labute approximate surface area is 168 Å². The number of hydrogen-bond acceptors (Lipinski definition) is 5. The first kappa shape index (κ1) is 20.6. The van der Waals surface area contributed by atoms with E-state index in [1.807, 2.05) is 0 Å². The van der Waals surface area contributed by atoms with Crippen LogP contribution in [0.4, 0.5) is 14.7 Å². The molecule has 3 rings (SSSR count). The number of anilines is 1. The SMILES string of the molecule is COc1nc(NS(=O)c2c[nH]c3c(S(C)=O)c(Cl)ccc23)ncc1CC(F)F. The second-order valence-electron chi connectivity index (χ2n) is 5.60. The Morgan fingerprint density at radius 3 is 2.75 bits per heavy atom. The van der Waals surface area contributed by atoms with Crippen molar-refractivity contribution in [3.8, 4) is 5.88 Å². The van der Waals surface area contributed by atoms with Crippen LogP contribution in [0.1, 0.15) is 5.56 Å². The van der Waals surface area contributed by atoms with Crippen molar-refractivity contribution in [1.29, 1.82) is 0 Å². The van der Waals surface area contributed by atoms with Crippen LogP contribution in [0.5, 0.6) is 5.88 Å². The zero-order chi connectivity index (χ0) is 20.4. The summed E-state index contributed by atoms with van der Waals surface area (Å²) in [6.45, 7) is 0. The van der Waals surface area contributed by atoms with Gasteiger partial charge in [0.15, 0.2) is 11.0 Å². The number of halogens is 3. The van der Waals surface area contributed by atoms with Gasteiger partial charge in [0.1, 0.15) is 0 Å². The molecule has 0 saturated heterocycles. The molecular formula is C16H15ClF2N4O3S2. The third kappa shape index (κ3) is 4.15. The van der Waals surface area contributed by atoms with Crippen LogP contribution >= 0.6 is 11.6 Å². The molecular weight excluding hydrogens is 434 g/mol. The number of fused-ring (bicyclic) bond motifs is 1. The van der Waals surface area contributed by atoms with E-state index in [9.17, 15) is 17.2 Å². The molecule has 2 heterocycles. The molecule has 0 radical (unpaired) electrons. The quantitative estimate of drug-likeness (QED) is 0.578. The number of aromatic nitrogens is 3. The molecule has 2 N–H and O–H groups in total. The van der Waals surface area contributed by atoms with E-state index in [1.165, 1.54) is 25.8 Å². The first-order valence-corrected chi connectivity index (χ1v) is 10.9. The van der Waals surface area contributed by atoms with E-state index < -0.39 is 34.6 Å². The lowest BCUT2D eigenvalue weighted by molar-refractivity contribution is 0.147. The van der Waals surface area contributed by atoms with Crippen LogP contribution in [0.2, 0.25) is 5.02 Å². The monoisotopic (exact) mass is 448 g/mol. The summed E-state index contributed by atoms with van der Waals surface area (Å²) in [6, 6.07) is 3.24. The molecule has 0 saturated carbocycles. The highest BCUT2D eigenvalue weighted by atomic mass is 35.5. The molecule has 0 bridgehead atoms. The number of aromatic amines is 1. The van der Waals surface area contributed by atoms with E-state index >= 15 is 0 Å². The van der Waals surface area contributed by atoms with Crippen LogP contribution in [-0.4, -0.2) is 43.2 Å². The highest BCUT2D eigenvalue weighted by molar-refractivity contribution is 7.86. The van der Waals surface area contributed by atoms with Crippen LogP contribution in [0.3, 0.4) is 0 Å². The normalized spacial score (nSPS) is 13.6. The minimum atomic E-state index is -2.57.